The summed E-state index contributed by atoms with van der Waals surface area (Å²) in [5.41, 5.74) is 1.36. The number of thioether (sulfide) groups is 1. The highest BCUT2D eigenvalue weighted by molar-refractivity contribution is 7.98. The van der Waals surface area contributed by atoms with Gasteiger partial charge >= 0.3 is 0 Å². The maximum absolute atomic E-state index is 11.9. The van der Waals surface area contributed by atoms with E-state index in [-0.39, 0.29) is 5.78 Å². The Labute approximate surface area is 92.7 Å². The number of rotatable bonds is 3. The van der Waals surface area contributed by atoms with Crippen LogP contribution in [0.3, 0.4) is 0 Å². The monoisotopic (exact) mass is 217 g/mol. The van der Waals surface area contributed by atoms with Gasteiger partial charge in [0.25, 0.3) is 0 Å². The maximum atomic E-state index is 11.9. The lowest BCUT2D eigenvalue weighted by molar-refractivity contribution is 0.103. The molecule has 2 aromatic rings. The minimum absolute atomic E-state index is 0.0379. The van der Waals surface area contributed by atoms with Crippen molar-refractivity contribution in [3.05, 3.63) is 53.7 Å². The van der Waals surface area contributed by atoms with Crippen LogP contribution in [-0.2, 0) is 0 Å². The lowest BCUT2D eigenvalue weighted by Crippen LogP contribution is -2.00. The van der Waals surface area contributed by atoms with Crippen molar-refractivity contribution >= 4 is 17.5 Å². The van der Waals surface area contributed by atoms with Crippen LogP contribution in [0.5, 0.6) is 0 Å². The number of aromatic amines is 1. The number of H-pyrrole nitrogens is 1. The Morgan fingerprint density at radius 1 is 1.13 bits per heavy atom. The van der Waals surface area contributed by atoms with Gasteiger partial charge in [0.1, 0.15) is 0 Å². The first kappa shape index (κ1) is 10.1. The van der Waals surface area contributed by atoms with Gasteiger partial charge in [-0.2, -0.15) is 0 Å². The van der Waals surface area contributed by atoms with Crippen molar-refractivity contribution in [1.29, 1.82) is 0 Å². The maximum Gasteiger partial charge on any atom is 0.209 e. The fourth-order valence-electron chi connectivity index (χ4n) is 1.37. The number of ketones is 1. The van der Waals surface area contributed by atoms with E-state index >= 15 is 0 Å². The van der Waals surface area contributed by atoms with Gasteiger partial charge < -0.3 is 4.98 Å². The molecule has 0 aliphatic carbocycles. The lowest BCUT2D eigenvalue weighted by atomic mass is 10.1. The fourth-order valence-corrected chi connectivity index (χ4v) is 1.79. The van der Waals surface area contributed by atoms with Crippen LogP contribution in [0.25, 0.3) is 0 Å². The average molecular weight is 217 g/mol. The molecule has 0 spiro atoms. The molecular formula is C12H11NOS. The molecule has 0 unspecified atom stereocenters. The molecule has 1 heterocycles. The highest BCUT2D eigenvalue weighted by Gasteiger charge is 2.09. The van der Waals surface area contributed by atoms with Gasteiger partial charge in [-0.05, 0) is 18.4 Å². The molecule has 0 fully saturated rings. The number of carbonyl (C=O) groups is 1. The second-order valence-corrected chi connectivity index (χ2v) is 3.98. The summed E-state index contributed by atoms with van der Waals surface area (Å²) in [5.74, 6) is 0.0379. The number of nitrogens with one attached hydrogen (secondary N) is 1. The van der Waals surface area contributed by atoms with Crippen LogP contribution in [0.2, 0.25) is 0 Å². The molecule has 0 saturated carbocycles. The van der Waals surface area contributed by atoms with Gasteiger partial charge in [0.05, 0.1) is 10.7 Å². The SMILES string of the molecule is CSc1ccc(C(=O)c2ccccc2)[nH]1. The molecule has 2 rings (SSSR count). The van der Waals surface area contributed by atoms with Crippen molar-refractivity contribution in [3.8, 4) is 0 Å². The second-order valence-electron chi connectivity index (χ2n) is 3.14. The topological polar surface area (TPSA) is 32.9 Å². The molecule has 0 radical (unpaired) electrons. The Balaban J connectivity index is 2.29. The minimum Gasteiger partial charge on any atom is -0.347 e. The first-order valence-electron chi connectivity index (χ1n) is 4.64. The standard InChI is InChI=1S/C12H11NOS/c1-15-11-8-7-10(13-11)12(14)9-5-3-2-4-6-9/h2-8,13H,1H3. The van der Waals surface area contributed by atoms with E-state index in [2.05, 4.69) is 4.98 Å². The first-order valence-corrected chi connectivity index (χ1v) is 5.86. The van der Waals surface area contributed by atoms with Crippen molar-refractivity contribution in [3.63, 3.8) is 0 Å². The van der Waals surface area contributed by atoms with E-state index in [0.717, 1.165) is 5.03 Å². The normalized spacial score (nSPS) is 10.2. The summed E-state index contributed by atoms with van der Waals surface area (Å²) in [6.45, 7) is 0. The third kappa shape index (κ3) is 2.13. The number of benzene rings is 1. The number of carbonyl (C=O) groups excluding carboxylic acids is 1. The molecule has 0 atom stereocenters. The minimum atomic E-state index is 0.0379. The van der Waals surface area contributed by atoms with E-state index in [9.17, 15) is 4.79 Å². The smallest absolute Gasteiger partial charge is 0.209 e. The van der Waals surface area contributed by atoms with E-state index < -0.39 is 0 Å². The van der Waals surface area contributed by atoms with Gasteiger partial charge in [-0.25, -0.2) is 0 Å². The predicted octanol–water partition coefficient (Wildman–Crippen LogP) is 2.97. The van der Waals surface area contributed by atoms with Gasteiger partial charge in [0.2, 0.25) is 5.78 Å². The van der Waals surface area contributed by atoms with Crippen molar-refractivity contribution in [2.45, 2.75) is 5.03 Å². The highest BCUT2D eigenvalue weighted by atomic mass is 32.2. The van der Waals surface area contributed by atoms with Gasteiger partial charge in [-0.1, -0.05) is 30.3 Å². The molecule has 1 N–H and O–H groups in total. The number of aromatic nitrogens is 1. The van der Waals surface area contributed by atoms with Gasteiger partial charge in [0.15, 0.2) is 0 Å². The van der Waals surface area contributed by atoms with Crippen LogP contribution >= 0.6 is 11.8 Å². The quantitative estimate of drug-likeness (QED) is 0.633. The molecular weight excluding hydrogens is 206 g/mol. The van der Waals surface area contributed by atoms with Gasteiger partial charge in [-0.15, -0.1) is 11.8 Å². The van der Waals surface area contributed by atoms with Gasteiger partial charge in [-0.3, -0.25) is 4.79 Å². The number of hydrogen-bond donors (Lipinski definition) is 1. The highest BCUT2D eigenvalue weighted by Crippen LogP contribution is 2.15. The molecule has 0 aliphatic heterocycles. The van der Waals surface area contributed by atoms with Crippen molar-refractivity contribution in [1.82, 2.24) is 4.98 Å². The Morgan fingerprint density at radius 3 is 2.47 bits per heavy atom. The molecule has 0 bridgehead atoms. The zero-order chi connectivity index (χ0) is 10.7. The first-order chi connectivity index (χ1) is 7.31. The van der Waals surface area contributed by atoms with Crippen molar-refractivity contribution in [2.75, 3.05) is 6.26 Å². The van der Waals surface area contributed by atoms with Crippen molar-refractivity contribution < 1.29 is 4.79 Å². The summed E-state index contributed by atoms with van der Waals surface area (Å²) in [6.07, 6.45) is 1.97. The molecule has 15 heavy (non-hydrogen) atoms. The van der Waals surface area contributed by atoms with Crippen LogP contribution in [-0.4, -0.2) is 17.0 Å². The Hall–Kier alpha value is -1.48. The summed E-state index contributed by atoms with van der Waals surface area (Å²) in [6, 6.07) is 13.0. The third-order valence-electron chi connectivity index (χ3n) is 2.16. The molecule has 1 aromatic heterocycles. The zero-order valence-electron chi connectivity index (χ0n) is 8.36. The largest absolute Gasteiger partial charge is 0.347 e. The predicted molar refractivity (Wildman–Crippen MR) is 62.4 cm³/mol. The summed E-state index contributed by atoms with van der Waals surface area (Å²) in [7, 11) is 0. The summed E-state index contributed by atoms with van der Waals surface area (Å²) in [5, 5.41) is 1.01. The Kier molecular flexibility index (Phi) is 2.92. The van der Waals surface area contributed by atoms with Crippen molar-refractivity contribution in [2.24, 2.45) is 0 Å². The summed E-state index contributed by atoms with van der Waals surface area (Å²) in [4.78, 5) is 15.0. The Morgan fingerprint density at radius 2 is 1.87 bits per heavy atom. The molecule has 1 aromatic carbocycles. The summed E-state index contributed by atoms with van der Waals surface area (Å²) < 4.78 is 0. The fraction of sp³-hybridized carbons (Fsp3) is 0.0833. The van der Waals surface area contributed by atoms with E-state index in [1.54, 1.807) is 11.8 Å². The van der Waals surface area contributed by atoms with Gasteiger partial charge in [0, 0.05) is 5.56 Å². The Bertz CT molecular complexity index is 461. The van der Waals surface area contributed by atoms with Crippen LogP contribution in [0, 0.1) is 0 Å². The molecule has 76 valence electrons. The molecule has 0 saturated heterocycles. The molecule has 0 amide bonds. The molecule has 2 nitrogen and oxygen atoms in total. The van der Waals surface area contributed by atoms with E-state index in [1.807, 2.05) is 48.7 Å². The van der Waals surface area contributed by atoms with E-state index in [0.29, 0.717) is 11.3 Å². The average Bonchev–Trinajstić information content (AvgIpc) is 2.78. The third-order valence-corrected chi connectivity index (χ3v) is 2.84. The lowest BCUT2D eigenvalue weighted by Gasteiger charge is -1.97. The zero-order valence-corrected chi connectivity index (χ0v) is 9.17. The molecule has 3 heteroatoms. The molecule has 0 aliphatic rings. The number of hydrogen-bond acceptors (Lipinski definition) is 2. The second kappa shape index (κ2) is 4.36. The van der Waals surface area contributed by atoms with Crippen LogP contribution in [0.15, 0.2) is 47.5 Å². The summed E-state index contributed by atoms with van der Waals surface area (Å²) >= 11 is 1.59. The van der Waals surface area contributed by atoms with E-state index in [4.69, 9.17) is 0 Å². The van der Waals surface area contributed by atoms with E-state index in [1.165, 1.54) is 0 Å². The van der Waals surface area contributed by atoms with Crippen LogP contribution < -0.4 is 0 Å². The van der Waals surface area contributed by atoms with Crippen LogP contribution in [0.4, 0.5) is 0 Å². The van der Waals surface area contributed by atoms with Crippen LogP contribution in [0.1, 0.15) is 16.1 Å².